The van der Waals surface area contributed by atoms with Crippen LogP contribution < -0.4 is 5.14 Å². The van der Waals surface area contributed by atoms with Crippen LogP contribution in [0.5, 0.6) is 0 Å². The summed E-state index contributed by atoms with van der Waals surface area (Å²) in [6.45, 7) is 8.85. The Morgan fingerprint density at radius 3 is 2.39 bits per heavy atom. The maximum Gasteiger partial charge on any atom is 0.179 e. The van der Waals surface area contributed by atoms with Gasteiger partial charge in [0.1, 0.15) is 0 Å². The molecule has 0 amide bonds. The first-order valence-electron chi connectivity index (χ1n) is 9.17. The molecule has 0 atom stereocenters. The lowest BCUT2D eigenvalue weighted by molar-refractivity contribution is 0.186. The third-order valence-electron chi connectivity index (χ3n) is 4.76. The van der Waals surface area contributed by atoms with E-state index in [4.69, 9.17) is 28.3 Å². The zero-order valence-corrected chi connectivity index (χ0v) is 18.0. The Kier molecular flexibility index (Phi) is 7.82. The third kappa shape index (κ3) is 6.00. The van der Waals surface area contributed by atoms with Crippen molar-refractivity contribution in [3.8, 4) is 0 Å². The lowest BCUT2D eigenvalue weighted by Gasteiger charge is -2.35. The summed E-state index contributed by atoms with van der Waals surface area (Å²) in [4.78, 5) is 9.34. The van der Waals surface area contributed by atoms with Crippen molar-refractivity contribution in [2.24, 2.45) is 10.1 Å². The highest BCUT2D eigenvalue weighted by Gasteiger charge is 2.20. The smallest absolute Gasteiger partial charge is 0.179 e. The van der Waals surface area contributed by atoms with Gasteiger partial charge in [0.15, 0.2) is 5.17 Å². The molecule has 3 rings (SSSR count). The first kappa shape index (κ1) is 21.2. The second-order valence-corrected chi connectivity index (χ2v) is 8.15. The Morgan fingerprint density at radius 1 is 1.04 bits per heavy atom. The highest BCUT2D eigenvalue weighted by Crippen LogP contribution is 2.20. The van der Waals surface area contributed by atoms with E-state index in [0.717, 1.165) is 54.9 Å². The molecule has 1 aliphatic heterocycles. The maximum atomic E-state index is 6.07. The SMILES string of the molecule is C=C(/N=C(\SN)N1CCN(CCc2cccc(Cl)c2)CC1)c1ccc(Cl)cc1. The van der Waals surface area contributed by atoms with Crippen LogP contribution in [0.3, 0.4) is 0 Å². The first-order chi connectivity index (χ1) is 13.5. The molecule has 0 aliphatic carbocycles. The van der Waals surface area contributed by atoms with E-state index in [1.807, 2.05) is 42.5 Å². The summed E-state index contributed by atoms with van der Waals surface area (Å²) in [6.07, 6.45) is 1.00. The third-order valence-corrected chi connectivity index (χ3v) is 5.81. The number of hydrogen-bond donors (Lipinski definition) is 1. The maximum absolute atomic E-state index is 6.07. The molecule has 0 unspecified atom stereocenters. The van der Waals surface area contributed by atoms with E-state index < -0.39 is 0 Å². The molecule has 148 valence electrons. The fourth-order valence-electron chi connectivity index (χ4n) is 3.14. The summed E-state index contributed by atoms with van der Waals surface area (Å²) >= 11 is 13.2. The lowest BCUT2D eigenvalue weighted by Crippen LogP contribution is -2.48. The number of aliphatic imine (C=N–C) groups is 1. The van der Waals surface area contributed by atoms with Crippen molar-refractivity contribution in [2.75, 3.05) is 32.7 Å². The van der Waals surface area contributed by atoms with Gasteiger partial charge in [0.05, 0.1) is 5.70 Å². The Bertz CT molecular complexity index is 831. The van der Waals surface area contributed by atoms with Gasteiger partial charge in [0.2, 0.25) is 0 Å². The monoisotopic (exact) mass is 434 g/mol. The van der Waals surface area contributed by atoms with Crippen molar-refractivity contribution in [3.63, 3.8) is 0 Å². The van der Waals surface area contributed by atoms with Crippen LogP contribution in [-0.4, -0.2) is 47.7 Å². The summed E-state index contributed by atoms with van der Waals surface area (Å²) in [6, 6.07) is 15.6. The molecule has 1 aliphatic rings. The van der Waals surface area contributed by atoms with E-state index in [2.05, 4.69) is 27.4 Å². The first-order valence-corrected chi connectivity index (χ1v) is 10.8. The van der Waals surface area contributed by atoms with Crippen LogP contribution in [0.4, 0.5) is 0 Å². The molecular formula is C21H24Cl2N4S. The highest BCUT2D eigenvalue weighted by molar-refractivity contribution is 8.11. The van der Waals surface area contributed by atoms with E-state index in [9.17, 15) is 0 Å². The summed E-state index contributed by atoms with van der Waals surface area (Å²) < 4.78 is 0. The van der Waals surface area contributed by atoms with Crippen LogP contribution in [0.15, 0.2) is 60.1 Å². The average Bonchev–Trinajstić information content (AvgIpc) is 2.71. The van der Waals surface area contributed by atoms with Crippen molar-refractivity contribution in [2.45, 2.75) is 6.42 Å². The number of amidine groups is 1. The Labute approximate surface area is 181 Å². The van der Waals surface area contributed by atoms with Crippen LogP contribution in [-0.2, 0) is 6.42 Å². The number of rotatable bonds is 5. The number of nitrogens with zero attached hydrogens (tertiary/aromatic N) is 3. The van der Waals surface area contributed by atoms with Gasteiger partial charge in [-0.25, -0.2) is 4.99 Å². The van der Waals surface area contributed by atoms with Gasteiger partial charge in [0.25, 0.3) is 0 Å². The zero-order chi connectivity index (χ0) is 19.9. The predicted octanol–water partition coefficient (Wildman–Crippen LogP) is 4.79. The standard InChI is InChI=1S/C21H24Cl2N4S/c1-16(18-5-7-19(22)8-6-18)25-21(28-24)27-13-11-26(12-14-27)10-9-17-3-2-4-20(23)15-17/h2-8,15H,1,9-14,24H2/b25-21-. The second kappa shape index (κ2) is 10.3. The minimum Gasteiger partial charge on any atom is -0.348 e. The molecule has 28 heavy (non-hydrogen) atoms. The molecule has 2 aromatic carbocycles. The quantitative estimate of drug-likeness (QED) is 0.417. The van der Waals surface area contributed by atoms with Crippen LogP contribution >= 0.6 is 35.1 Å². The normalized spacial score (nSPS) is 15.7. The number of piperazine rings is 1. The van der Waals surface area contributed by atoms with Gasteiger partial charge in [-0.3, -0.25) is 10.0 Å². The van der Waals surface area contributed by atoms with Crippen LogP contribution in [0.2, 0.25) is 10.0 Å². The molecule has 0 saturated carbocycles. The molecule has 0 radical (unpaired) electrons. The minimum atomic E-state index is 0.688. The summed E-state index contributed by atoms with van der Waals surface area (Å²) in [7, 11) is 0. The van der Waals surface area contributed by atoms with Gasteiger partial charge in [-0.1, -0.05) is 54.0 Å². The van der Waals surface area contributed by atoms with Crippen molar-refractivity contribution >= 4 is 46.0 Å². The Hall–Kier alpha value is -1.50. The molecule has 4 nitrogen and oxygen atoms in total. The van der Waals surface area contributed by atoms with E-state index in [0.29, 0.717) is 10.7 Å². The van der Waals surface area contributed by atoms with Crippen molar-refractivity contribution in [3.05, 3.63) is 76.3 Å². The van der Waals surface area contributed by atoms with E-state index in [1.54, 1.807) is 0 Å². The van der Waals surface area contributed by atoms with Gasteiger partial charge in [-0.05, 0) is 53.8 Å². The molecule has 7 heteroatoms. The molecule has 0 aromatic heterocycles. The van der Waals surface area contributed by atoms with Gasteiger partial charge in [0, 0.05) is 42.8 Å². The second-order valence-electron chi connectivity index (χ2n) is 6.67. The summed E-state index contributed by atoms with van der Waals surface area (Å²) in [5.74, 6) is 0. The highest BCUT2D eigenvalue weighted by atomic mass is 35.5. The van der Waals surface area contributed by atoms with Crippen molar-refractivity contribution in [1.82, 2.24) is 9.80 Å². The van der Waals surface area contributed by atoms with Crippen LogP contribution in [0.1, 0.15) is 11.1 Å². The number of halogens is 2. The zero-order valence-electron chi connectivity index (χ0n) is 15.7. The largest absolute Gasteiger partial charge is 0.348 e. The lowest BCUT2D eigenvalue weighted by atomic mass is 10.1. The fourth-order valence-corrected chi connectivity index (χ4v) is 3.97. The molecule has 2 aromatic rings. The topological polar surface area (TPSA) is 44.9 Å². The molecule has 2 N–H and O–H groups in total. The molecular weight excluding hydrogens is 411 g/mol. The van der Waals surface area contributed by atoms with E-state index >= 15 is 0 Å². The molecule has 1 fully saturated rings. The van der Waals surface area contributed by atoms with E-state index in [1.165, 1.54) is 17.5 Å². The van der Waals surface area contributed by atoms with Crippen molar-refractivity contribution in [1.29, 1.82) is 0 Å². The summed E-state index contributed by atoms with van der Waals surface area (Å²) in [5, 5.41) is 8.19. The van der Waals surface area contributed by atoms with Gasteiger partial charge in [-0.15, -0.1) is 0 Å². The molecule has 1 heterocycles. The number of hydrogen-bond acceptors (Lipinski definition) is 4. The predicted molar refractivity (Wildman–Crippen MR) is 123 cm³/mol. The van der Waals surface area contributed by atoms with Crippen LogP contribution in [0, 0.1) is 0 Å². The molecule has 0 spiro atoms. The minimum absolute atomic E-state index is 0.688. The Balaban J connectivity index is 1.53. The summed E-state index contributed by atoms with van der Waals surface area (Å²) in [5.41, 5.74) is 2.90. The average molecular weight is 435 g/mol. The van der Waals surface area contributed by atoms with Gasteiger partial charge >= 0.3 is 0 Å². The van der Waals surface area contributed by atoms with Gasteiger partial charge in [-0.2, -0.15) is 0 Å². The fraction of sp³-hybridized carbons (Fsp3) is 0.286. The molecule has 1 saturated heterocycles. The number of benzene rings is 2. The number of nitrogens with two attached hydrogens (primary N) is 1. The van der Waals surface area contributed by atoms with Gasteiger partial charge < -0.3 is 4.90 Å². The molecule has 0 bridgehead atoms. The van der Waals surface area contributed by atoms with Crippen LogP contribution in [0.25, 0.3) is 5.70 Å². The van der Waals surface area contributed by atoms with Crippen molar-refractivity contribution < 1.29 is 0 Å². The van der Waals surface area contributed by atoms with E-state index in [-0.39, 0.29) is 0 Å². The Morgan fingerprint density at radius 2 is 1.75 bits per heavy atom.